The van der Waals surface area contributed by atoms with E-state index in [2.05, 4.69) is 16.7 Å². The van der Waals surface area contributed by atoms with Crippen molar-refractivity contribution < 1.29 is 23.7 Å². The first-order valence-electron chi connectivity index (χ1n) is 12.7. The first-order valence-corrected chi connectivity index (χ1v) is 12.7. The Morgan fingerprint density at radius 1 is 1.00 bits per heavy atom. The molecule has 4 rings (SSSR count). The second-order valence-electron chi connectivity index (χ2n) is 8.98. The number of ether oxygens (including phenoxy) is 4. The molecule has 198 valence electrons. The van der Waals surface area contributed by atoms with Gasteiger partial charge in [0.2, 0.25) is 5.91 Å². The lowest BCUT2D eigenvalue weighted by molar-refractivity contribution is -0.124. The molecule has 2 N–H and O–H groups in total. The van der Waals surface area contributed by atoms with Crippen LogP contribution in [0, 0.1) is 11.3 Å². The summed E-state index contributed by atoms with van der Waals surface area (Å²) in [6.07, 6.45) is 0.410. The molecule has 1 saturated heterocycles. The Hall–Kier alpha value is -3.90. The van der Waals surface area contributed by atoms with Gasteiger partial charge in [0.1, 0.15) is 17.6 Å². The number of methoxy groups -OCH3 is 1. The van der Waals surface area contributed by atoms with Crippen molar-refractivity contribution in [3.63, 3.8) is 0 Å². The lowest BCUT2D eigenvalue weighted by Crippen LogP contribution is -2.54. The fourth-order valence-corrected chi connectivity index (χ4v) is 4.25. The number of amides is 1. The Bertz CT molecular complexity index is 1210. The van der Waals surface area contributed by atoms with E-state index in [1.54, 1.807) is 19.2 Å². The quantitative estimate of drug-likeness (QED) is 0.333. The van der Waals surface area contributed by atoms with Gasteiger partial charge in [-0.2, -0.15) is 5.26 Å². The van der Waals surface area contributed by atoms with Gasteiger partial charge in [-0.25, -0.2) is 0 Å². The molecular weight excluding hydrogens is 482 g/mol. The molecule has 1 heterocycles. The van der Waals surface area contributed by atoms with Crippen LogP contribution in [0.4, 0.5) is 0 Å². The fraction of sp³-hybridized carbons (Fsp3) is 0.333. The van der Waals surface area contributed by atoms with Gasteiger partial charge in [-0.1, -0.05) is 42.5 Å². The third-order valence-corrected chi connectivity index (χ3v) is 6.23. The Morgan fingerprint density at radius 3 is 2.53 bits per heavy atom. The van der Waals surface area contributed by atoms with E-state index < -0.39 is 0 Å². The number of nitriles is 1. The highest BCUT2D eigenvalue weighted by Gasteiger charge is 2.28. The van der Waals surface area contributed by atoms with Gasteiger partial charge in [0.15, 0.2) is 0 Å². The summed E-state index contributed by atoms with van der Waals surface area (Å²) < 4.78 is 23.3. The number of carbonyl (C=O) groups excluding carboxylic acids is 1. The van der Waals surface area contributed by atoms with E-state index in [0.717, 1.165) is 34.6 Å². The average Bonchev–Trinajstić information content (AvgIpc) is 2.96. The van der Waals surface area contributed by atoms with E-state index in [9.17, 15) is 4.79 Å². The number of para-hydroxylation sites is 1. The number of rotatable bonds is 13. The maximum atomic E-state index is 12.0. The summed E-state index contributed by atoms with van der Waals surface area (Å²) in [5, 5.41) is 15.2. The molecule has 0 spiro atoms. The van der Waals surface area contributed by atoms with Crippen molar-refractivity contribution in [1.29, 1.82) is 5.26 Å². The summed E-state index contributed by atoms with van der Waals surface area (Å²) in [7, 11) is 1.66. The minimum atomic E-state index is -0.347. The molecule has 1 aliphatic rings. The Kier molecular flexibility index (Phi) is 10.1. The predicted molar refractivity (Wildman–Crippen MR) is 143 cm³/mol. The molecule has 3 aromatic carbocycles. The van der Waals surface area contributed by atoms with Crippen LogP contribution >= 0.6 is 0 Å². The standard InChI is InChI=1S/C30H33N3O5/c1-35-28-6-3-2-5-25(28)21-36-15-4-16-37-26-13-11-24(12-14-26)30(27-18-32-19-29(34)33-27)38-20-23-9-7-22(17-31)8-10-23/h2-3,5-14,27,30,32H,4,15-16,18-21H2,1H3,(H,33,34). The van der Waals surface area contributed by atoms with E-state index in [4.69, 9.17) is 24.2 Å². The van der Waals surface area contributed by atoms with Crippen molar-refractivity contribution in [1.82, 2.24) is 10.6 Å². The third-order valence-electron chi connectivity index (χ3n) is 6.23. The molecule has 8 nitrogen and oxygen atoms in total. The van der Waals surface area contributed by atoms with Crippen molar-refractivity contribution in [3.05, 3.63) is 95.1 Å². The number of nitrogens with one attached hydrogen (secondary N) is 2. The van der Waals surface area contributed by atoms with Crippen LogP contribution in [0.1, 0.15) is 34.8 Å². The number of carbonyl (C=O) groups is 1. The zero-order valence-electron chi connectivity index (χ0n) is 21.5. The van der Waals surface area contributed by atoms with E-state index >= 15 is 0 Å². The fourth-order valence-electron chi connectivity index (χ4n) is 4.25. The SMILES string of the molecule is COc1ccccc1COCCCOc1ccc(C(OCc2ccc(C#N)cc2)C2CNCC(=O)N2)cc1. The minimum Gasteiger partial charge on any atom is -0.496 e. The van der Waals surface area contributed by atoms with Crippen LogP contribution in [-0.2, 0) is 27.5 Å². The van der Waals surface area contributed by atoms with E-state index in [0.29, 0.717) is 45.1 Å². The normalized spacial score (nSPS) is 15.8. The number of piperazine rings is 1. The number of hydrogen-bond donors (Lipinski definition) is 2. The van der Waals surface area contributed by atoms with Crippen LogP contribution in [0.25, 0.3) is 0 Å². The number of nitrogens with zero attached hydrogens (tertiary/aromatic N) is 1. The van der Waals surface area contributed by atoms with E-state index in [1.165, 1.54) is 0 Å². The summed E-state index contributed by atoms with van der Waals surface area (Å²) in [6, 6.07) is 24.8. The van der Waals surface area contributed by atoms with Crippen LogP contribution < -0.4 is 20.1 Å². The van der Waals surface area contributed by atoms with E-state index in [-0.39, 0.29) is 18.1 Å². The molecule has 0 radical (unpaired) electrons. The van der Waals surface area contributed by atoms with Gasteiger partial charge < -0.3 is 29.6 Å². The zero-order chi connectivity index (χ0) is 26.6. The Morgan fingerprint density at radius 2 is 1.79 bits per heavy atom. The first kappa shape index (κ1) is 27.1. The second kappa shape index (κ2) is 14.1. The smallest absolute Gasteiger partial charge is 0.234 e. The first-order chi connectivity index (χ1) is 18.7. The minimum absolute atomic E-state index is 0.0545. The maximum absolute atomic E-state index is 12.0. The van der Waals surface area contributed by atoms with Crippen molar-refractivity contribution in [2.75, 3.05) is 33.4 Å². The van der Waals surface area contributed by atoms with Gasteiger partial charge in [-0.15, -0.1) is 0 Å². The molecule has 0 bridgehead atoms. The Balaban J connectivity index is 1.28. The molecule has 8 heteroatoms. The zero-order valence-corrected chi connectivity index (χ0v) is 21.5. The highest BCUT2D eigenvalue weighted by Crippen LogP contribution is 2.26. The summed E-state index contributed by atoms with van der Waals surface area (Å²) >= 11 is 0. The van der Waals surface area contributed by atoms with Gasteiger partial charge in [0, 0.05) is 18.5 Å². The van der Waals surface area contributed by atoms with E-state index in [1.807, 2.05) is 60.7 Å². The molecule has 38 heavy (non-hydrogen) atoms. The molecule has 0 saturated carbocycles. The molecule has 3 aromatic rings. The summed E-state index contributed by atoms with van der Waals surface area (Å²) in [5.41, 5.74) is 3.52. The predicted octanol–water partition coefficient (Wildman–Crippen LogP) is 3.90. The van der Waals surface area contributed by atoms with Crippen LogP contribution in [0.15, 0.2) is 72.8 Å². The number of benzene rings is 3. The van der Waals surface area contributed by atoms with Crippen molar-refractivity contribution in [2.45, 2.75) is 31.8 Å². The molecule has 0 aromatic heterocycles. The largest absolute Gasteiger partial charge is 0.496 e. The van der Waals surface area contributed by atoms with Gasteiger partial charge in [0.25, 0.3) is 0 Å². The van der Waals surface area contributed by atoms with Crippen LogP contribution in [-0.4, -0.2) is 45.4 Å². The Labute approximate surface area is 223 Å². The highest BCUT2D eigenvalue weighted by molar-refractivity contribution is 5.79. The maximum Gasteiger partial charge on any atom is 0.234 e. The molecular formula is C30H33N3O5. The molecule has 1 fully saturated rings. The topological polar surface area (TPSA) is 102 Å². The highest BCUT2D eigenvalue weighted by atomic mass is 16.5. The summed E-state index contributed by atoms with van der Waals surface area (Å²) in [4.78, 5) is 12.0. The van der Waals surface area contributed by atoms with Gasteiger partial charge in [-0.3, -0.25) is 4.79 Å². The molecule has 1 aliphatic heterocycles. The second-order valence-corrected chi connectivity index (χ2v) is 8.98. The summed E-state index contributed by atoms with van der Waals surface area (Å²) in [5.74, 6) is 1.53. The van der Waals surface area contributed by atoms with Crippen molar-refractivity contribution in [2.24, 2.45) is 0 Å². The molecule has 0 aliphatic carbocycles. The lowest BCUT2D eigenvalue weighted by atomic mass is 10.00. The third kappa shape index (κ3) is 7.80. The molecule has 2 unspecified atom stereocenters. The summed E-state index contributed by atoms with van der Waals surface area (Å²) in [6.45, 7) is 2.87. The number of hydrogen-bond acceptors (Lipinski definition) is 7. The van der Waals surface area contributed by atoms with Crippen molar-refractivity contribution >= 4 is 5.91 Å². The van der Waals surface area contributed by atoms with Gasteiger partial charge in [0.05, 0.1) is 57.8 Å². The van der Waals surface area contributed by atoms with Crippen LogP contribution in [0.3, 0.4) is 0 Å². The van der Waals surface area contributed by atoms with Crippen molar-refractivity contribution in [3.8, 4) is 17.6 Å². The van der Waals surface area contributed by atoms with Gasteiger partial charge >= 0.3 is 0 Å². The monoisotopic (exact) mass is 515 g/mol. The van der Waals surface area contributed by atoms with Crippen LogP contribution in [0.2, 0.25) is 0 Å². The molecule has 1 amide bonds. The van der Waals surface area contributed by atoms with Crippen LogP contribution in [0.5, 0.6) is 11.5 Å². The lowest BCUT2D eigenvalue weighted by Gasteiger charge is -2.32. The van der Waals surface area contributed by atoms with Gasteiger partial charge in [-0.05, 0) is 41.5 Å². The average molecular weight is 516 g/mol. The molecule has 2 atom stereocenters.